The second-order valence-corrected chi connectivity index (χ2v) is 6.00. The molecule has 0 aliphatic carbocycles. The van der Waals surface area contributed by atoms with Gasteiger partial charge in [-0.1, -0.05) is 60.7 Å². The van der Waals surface area contributed by atoms with Gasteiger partial charge >= 0.3 is 0 Å². The fourth-order valence-electron chi connectivity index (χ4n) is 3.64. The highest BCUT2D eigenvalue weighted by atomic mass is 16.5. The minimum absolute atomic E-state index is 0.659. The van der Waals surface area contributed by atoms with E-state index in [2.05, 4.69) is 67.6 Å². The minimum Gasteiger partial charge on any atom is -0.377 e. The summed E-state index contributed by atoms with van der Waals surface area (Å²) in [5.41, 5.74) is 2.65. The molecule has 1 nitrogen and oxygen atoms in total. The van der Waals surface area contributed by atoms with Crippen molar-refractivity contribution in [2.75, 3.05) is 6.61 Å². The number of ether oxygens (including phenoxy) is 1. The molecule has 0 fully saturated rings. The molecule has 0 atom stereocenters. The predicted molar refractivity (Wildman–Crippen MR) is 99.0 cm³/mol. The quantitative estimate of drug-likeness (QED) is 0.333. The van der Waals surface area contributed by atoms with E-state index in [1.54, 1.807) is 0 Å². The van der Waals surface area contributed by atoms with Crippen molar-refractivity contribution in [3.63, 3.8) is 0 Å². The van der Waals surface area contributed by atoms with Gasteiger partial charge in [-0.15, -0.1) is 0 Å². The molecule has 114 valence electrons. The van der Waals surface area contributed by atoms with Crippen molar-refractivity contribution in [3.8, 4) is 0 Å². The Morgan fingerprint density at radius 1 is 0.739 bits per heavy atom. The van der Waals surface area contributed by atoms with Crippen molar-refractivity contribution in [1.82, 2.24) is 0 Å². The zero-order chi connectivity index (χ0) is 15.8. The van der Waals surface area contributed by atoms with Gasteiger partial charge in [0.1, 0.15) is 0 Å². The van der Waals surface area contributed by atoms with E-state index in [0.29, 0.717) is 6.61 Å². The summed E-state index contributed by atoms with van der Waals surface area (Å²) >= 11 is 0. The lowest BCUT2D eigenvalue weighted by Crippen LogP contribution is -1.97. The number of hydrogen-bond acceptors (Lipinski definition) is 1. The molecule has 0 bridgehead atoms. The molecule has 0 aromatic heterocycles. The third-order valence-electron chi connectivity index (χ3n) is 4.74. The second kappa shape index (κ2) is 5.68. The van der Waals surface area contributed by atoms with Gasteiger partial charge in [0.25, 0.3) is 0 Å². The average Bonchev–Trinajstić information content (AvgIpc) is 2.61. The first-order chi connectivity index (χ1) is 11.3. The molecule has 0 spiro atoms. The standard InChI is InChI=1S/C22H20O/c1-3-23-14-21-19-11-7-6-9-17(19)15(2)22-18-10-5-4-8-16(18)12-13-20(21)22/h4-13H,3,14H2,1-2H3. The Bertz CT molecular complexity index is 1010. The van der Waals surface area contributed by atoms with Crippen LogP contribution in [-0.4, -0.2) is 6.61 Å². The molecule has 4 aromatic carbocycles. The van der Waals surface area contributed by atoms with E-state index in [4.69, 9.17) is 4.74 Å². The van der Waals surface area contributed by atoms with Crippen molar-refractivity contribution < 1.29 is 4.74 Å². The van der Waals surface area contributed by atoms with Crippen molar-refractivity contribution in [2.45, 2.75) is 20.5 Å². The van der Waals surface area contributed by atoms with Crippen molar-refractivity contribution in [3.05, 3.63) is 71.8 Å². The summed E-state index contributed by atoms with van der Waals surface area (Å²) in [7, 11) is 0. The van der Waals surface area contributed by atoms with Crippen LogP contribution in [0.4, 0.5) is 0 Å². The van der Waals surface area contributed by atoms with Gasteiger partial charge in [-0.3, -0.25) is 0 Å². The van der Waals surface area contributed by atoms with Crippen LogP contribution < -0.4 is 0 Å². The van der Waals surface area contributed by atoms with Gasteiger partial charge in [-0.05, 0) is 57.3 Å². The van der Waals surface area contributed by atoms with Crippen molar-refractivity contribution >= 4 is 32.3 Å². The molecule has 4 rings (SSSR count). The molecule has 0 unspecified atom stereocenters. The summed E-state index contributed by atoms with van der Waals surface area (Å²) < 4.78 is 5.79. The van der Waals surface area contributed by atoms with Crippen LogP contribution in [0.15, 0.2) is 60.7 Å². The number of rotatable bonds is 3. The molecule has 0 radical (unpaired) electrons. The van der Waals surface area contributed by atoms with Gasteiger partial charge in [0.05, 0.1) is 6.61 Å². The number of fused-ring (bicyclic) bond motifs is 4. The summed E-state index contributed by atoms with van der Waals surface area (Å²) in [6.45, 7) is 5.68. The minimum atomic E-state index is 0.659. The first-order valence-electron chi connectivity index (χ1n) is 8.20. The van der Waals surface area contributed by atoms with Crippen LogP contribution in [-0.2, 0) is 11.3 Å². The third-order valence-corrected chi connectivity index (χ3v) is 4.74. The molecule has 0 N–H and O–H groups in total. The molecule has 0 aliphatic heterocycles. The van der Waals surface area contributed by atoms with Crippen LogP contribution in [0.25, 0.3) is 32.3 Å². The number of benzene rings is 4. The highest BCUT2D eigenvalue weighted by molar-refractivity contribution is 6.16. The molecular formula is C22H20O. The fourth-order valence-corrected chi connectivity index (χ4v) is 3.64. The lowest BCUT2D eigenvalue weighted by atomic mass is 9.90. The van der Waals surface area contributed by atoms with Gasteiger partial charge < -0.3 is 4.74 Å². The topological polar surface area (TPSA) is 9.23 Å². The maximum atomic E-state index is 5.79. The van der Waals surface area contributed by atoms with E-state index < -0.39 is 0 Å². The maximum Gasteiger partial charge on any atom is 0.0728 e. The first kappa shape index (κ1) is 14.2. The van der Waals surface area contributed by atoms with E-state index in [-0.39, 0.29) is 0 Å². The Hall–Kier alpha value is -2.38. The molecule has 0 heterocycles. The highest BCUT2D eigenvalue weighted by Gasteiger charge is 2.13. The van der Waals surface area contributed by atoms with Gasteiger partial charge in [0.2, 0.25) is 0 Å². The molecule has 0 aliphatic rings. The van der Waals surface area contributed by atoms with Crippen LogP contribution in [0.2, 0.25) is 0 Å². The normalized spacial score (nSPS) is 11.6. The SMILES string of the molecule is CCOCc1c2ccccc2c(C)c2c1ccc1ccccc12. The molecule has 0 saturated heterocycles. The van der Waals surface area contributed by atoms with Crippen LogP contribution in [0.5, 0.6) is 0 Å². The Balaban J connectivity index is 2.22. The molecule has 23 heavy (non-hydrogen) atoms. The van der Waals surface area contributed by atoms with Crippen molar-refractivity contribution in [2.24, 2.45) is 0 Å². The van der Waals surface area contributed by atoms with Crippen LogP contribution >= 0.6 is 0 Å². The van der Waals surface area contributed by atoms with Crippen molar-refractivity contribution in [1.29, 1.82) is 0 Å². The maximum absolute atomic E-state index is 5.79. The predicted octanol–water partition coefficient (Wildman–Crippen LogP) is 5.99. The molecule has 0 saturated carbocycles. The Kier molecular flexibility index (Phi) is 3.51. The second-order valence-electron chi connectivity index (χ2n) is 6.00. The van der Waals surface area contributed by atoms with Gasteiger partial charge in [0, 0.05) is 6.61 Å². The van der Waals surface area contributed by atoms with Crippen LogP contribution in [0.1, 0.15) is 18.1 Å². The lowest BCUT2D eigenvalue weighted by molar-refractivity contribution is 0.136. The van der Waals surface area contributed by atoms with E-state index in [1.165, 1.54) is 43.4 Å². The zero-order valence-electron chi connectivity index (χ0n) is 13.6. The third kappa shape index (κ3) is 2.20. The molecular weight excluding hydrogens is 280 g/mol. The highest BCUT2D eigenvalue weighted by Crippen LogP contribution is 2.37. The monoisotopic (exact) mass is 300 g/mol. The lowest BCUT2D eigenvalue weighted by Gasteiger charge is -2.16. The van der Waals surface area contributed by atoms with E-state index in [1.807, 2.05) is 6.92 Å². The summed E-state index contributed by atoms with van der Waals surface area (Å²) in [6.07, 6.45) is 0. The molecule has 0 amide bonds. The van der Waals surface area contributed by atoms with E-state index in [9.17, 15) is 0 Å². The van der Waals surface area contributed by atoms with E-state index in [0.717, 1.165) is 6.61 Å². The molecule has 1 heteroatoms. The average molecular weight is 300 g/mol. The largest absolute Gasteiger partial charge is 0.377 e. The molecule has 4 aromatic rings. The Labute approximate surface area is 136 Å². The van der Waals surface area contributed by atoms with Gasteiger partial charge in [0.15, 0.2) is 0 Å². The summed E-state index contributed by atoms with van der Waals surface area (Å²) in [5.74, 6) is 0. The first-order valence-corrected chi connectivity index (χ1v) is 8.20. The summed E-state index contributed by atoms with van der Waals surface area (Å²) in [4.78, 5) is 0. The van der Waals surface area contributed by atoms with Crippen LogP contribution in [0.3, 0.4) is 0 Å². The zero-order valence-corrected chi connectivity index (χ0v) is 13.6. The smallest absolute Gasteiger partial charge is 0.0728 e. The summed E-state index contributed by atoms with van der Waals surface area (Å²) in [5, 5.41) is 7.92. The van der Waals surface area contributed by atoms with E-state index >= 15 is 0 Å². The van der Waals surface area contributed by atoms with Gasteiger partial charge in [-0.2, -0.15) is 0 Å². The summed E-state index contributed by atoms with van der Waals surface area (Å²) in [6, 6.07) is 21.8. The van der Waals surface area contributed by atoms with Crippen LogP contribution in [0, 0.1) is 6.92 Å². The Morgan fingerprint density at radius 3 is 2.22 bits per heavy atom. The van der Waals surface area contributed by atoms with Gasteiger partial charge in [-0.25, -0.2) is 0 Å². The number of hydrogen-bond donors (Lipinski definition) is 0. The fraction of sp³-hybridized carbons (Fsp3) is 0.182. The Morgan fingerprint density at radius 2 is 1.43 bits per heavy atom. The number of aryl methyl sites for hydroxylation is 1.